The molecule has 0 atom stereocenters. The minimum atomic E-state index is -3.68. The maximum Gasteiger partial charge on any atom is 0.321 e. The first-order valence-electron chi connectivity index (χ1n) is 5.60. The van der Waals surface area contributed by atoms with Gasteiger partial charge in [0.15, 0.2) is 0 Å². The van der Waals surface area contributed by atoms with Gasteiger partial charge in [-0.1, -0.05) is 12.1 Å². The molecule has 5 nitrogen and oxygen atoms in total. The SMILES string of the molecule is COC(=O)CN(C)S(=O)(=O)c1ccc(CCCl)cc1. The number of carbonyl (C=O) groups excluding carboxylic acids is 1. The molecule has 0 bridgehead atoms. The van der Waals surface area contributed by atoms with E-state index in [4.69, 9.17) is 11.6 Å². The Labute approximate surface area is 118 Å². The summed E-state index contributed by atoms with van der Waals surface area (Å²) < 4.78 is 29.7. The molecule has 0 heterocycles. The number of sulfonamides is 1. The van der Waals surface area contributed by atoms with Gasteiger partial charge >= 0.3 is 5.97 Å². The van der Waals surface area contributed by atoms with Crippen LogP contribution in [-0.2, 0) is 26.0 Å². The number of methoxy groups -OCH3 is 1. The highest BCUT2D eigenvalue weighted by Gasteiger charge is 2.22. The van der Waals surface area contributed by atoms with Crippen LogP contribution in [0.4, 0.5) is 0 Å². The van der Waals surface area contributed by atoms with Gasteiger partial charge < -0.3 is 4.74 Å². The number of likely N-dealkylation sites (N-methyl/N-ethyl adjacent to an activating group) is 1. The van der Waals surface area contributed by atoms with Crippen LogP contribution in [0, 0.1) is 0 Å². The van der Waals surface area contributed by atoms with Crippen molar-refractivity contribution in [1.29, 1.82) is 0 Å². The molecule has 0 saturated heterocycles. The van der Waals surface area contributed by atoms with Crippen LogP contribution in [0.5, 0.6) is 0 Å². The average Bonchev–Trinajstić information content (AvgIpc) is 2.39. The smallest absolute Gasteiger partial charge is 0.321 e. The van der Waals surface area contributed by atoms with Gasteiger partial charge in [0.25, 0.3) is 0 Å². The predicted molar refractivity (Wildman–Crippen MR) is 72.7 cm³/mol. The van der Waals surface area contributed by atoms with Crippen molar-refractivity contribution >= 4 is 27.6 Å². The topological polar surface area (TPSA) is 63.7 Å². The van der Waals surface area contributed by atoms with Gasteiger partial charge in [-0.3, -0.25) is 4.79 Å². The molecule has 1 aromatic carbocycles. The Balaban J connectivity index is 2.90. The van der Waals surface area contributed by atoms with Gasteiger partial charge in [0, 0.05) is 12.9 Å². The van der Waals surface area contributed by atoms with Crippen molar-refractivity contribution in [3.63, 3.8) is 0 Å². The standard InChI is InChI=1S/C12H16ClNO4S/c1-14(9-12(15)18-2)19(16,17)11-5-3-10(4-6-11)7-8-13/h3-6H,7-9H2,1-2H3. The zero-order valence-corrected chi connectivity index (χ0v) is 12.4. The van der Waals surface area contributed by atoms with Gasteiger partial charge in [-0.05, 0) is 24.1 Å². The first-order chi connectivity index (χ1) is 8.91. The maximum atomic E-state index is 12.1. The van der Waals surface area contributed by atoms with E-state index in [1.807, 2.05) is 0 Å². The molecule has 0 spiro atoms. The normalized spacial score (nSPS) is 11.6. The zero-order chi connectivity index (χ0) is 14.5. The summed E-state index contributed by atoms with van der Waals surface area (Å²) in [5, 5.41) is 0. The molecule has 1 aromatic rings. The van der Waals surface area contributed by atoms with E-state index in [0.29, 0.717) is 12.3 Å². The number of ether oxygens (including phenoxy) is 1. The van der Waals surface area contributed by atoms with E-state index in [0.717, 1.165) is 9.87 Å². The molecule has 0 N–H and O–H groups in total. The summed E-state index contributed by atoms with van der Waals surface area (Å²) in [4.78, 5) is 11.2. The van der Waals surface area contributed by atoms with Crippen LogP contribution in [0.25, 0.3) is 0 Å². The maximum absolute atomic E-state index is 12.1. The number of hydrogen-bond donors (Lipinski definition) is 0. The lowest BCUT2D eigenvalue weighted by Gasteiger charge is -2.15. The lowest BCUT2D eigenvalue weighted by molar-refractivity contribution is -0.140. The number of hydrogen-bond acceptors (Lipinski definition) is 4. The van der Waals surface area contributed by atoms with Crippen molar-refractivity contribution in [1.82, 2.24) is 4.31 Å². The fourth-order valence-electron chi connectivity index (χ4n) is 1.45. The summed E-state index contributed by atoms with van der Waals surface area (Å²) in [6.45, 7) is -0.317. The highest BCUT2D eigenvalue weighted by molar-refractivity contribution is 7.89. The molecule has 0 aliphatic heterocycles. The Hall–Kier alpha value is -1.11. The molecule has 7 heteroatoms. The zero-order valence-electron chi connectivity index (χ0n) is 10.8. The lowest BCUT2D eigenvalue weighted by Crippen LogP contribution is -2.32. The molecular weight excluding hydrogens is 290 g/mol. The second-order valence-electron chi connectivity index (χ2n) is 3.92. The Morgan fingerprint density at radius 1 is 1.32 bits per heavy atom. The van der Waals surface area contributed by atoms with Gasteiger partial charge in [0.05, 0.1) is 12.0 Å². The molecule has 106 valence electrons. The molecule has 0 unspecified atom stereocenters. The molecule has 0 aliphatic rings. The van der Waals surface area contributed by atoms with Crippen LogP contribution in [0.3, 0.4) is 0 Å². The second kappa shape index (κ2) is 6.88. The van der Waals surface area contributed by atoms with Crippen LogP contribution in [-0.4, -0.2) is 45.3 Å². The fraction of sp³-hybridized carbons (Fsp3) is 0.417. The molecule has 0 amide bonds. The molecule has 0 saturated carbocycles. The monoisotopic (exact) mass is 305 g/mol. The third kappa shape index (κ3) is 4.19. The number of alkyl halides is 1. The van der Waals surface area contributed by atoms with E-state index in [-0.39, 0.29) is 11.4 Å². The molecule has 0 radical (unpaired) electrons. The number of rotatable bonds is 6. The average molecular weight is 306 g/mol. The second-order valence-corrected chi connectivity index (χ2v) is 6.34. The number of esters is 1. The first-order valence-corrected chi connectivity index (χ1v) is 7.57. The highest BCUT2D eigenvalue weighted by Crippen LogP contribution is 2.15. The minimum Gasteiger partial charge on any atom is -0.468 e. The Bertz CT molecular complexity index is 527. The summed E-state index contributed by atoms with van der Waals surface area (Å²) in [7, 11) is -1.13. The number of halogens is 1. The fourth-order valence-corrected chi connectivity index (χ4v) is 2.78. The van der Waals surface area contributed by atoms with Gasteiger partial charge in [0.1, 0.15) is 6.54 Å². The van der Waals surface area contributed by atoms with Crippen molar-refractivity contribution < 1.29 is 17.9 Å². The third-order valence-corrected chi connectivity index (χ3v) is 4.60. The van der Waals surface area contributed by atoms with E-state index in [9.17, 15) is 13.2 Å². The third-order valence-electron chi connectivity index (χ3n) is 2.59. The highest BCUT2D eigenvalue weighted by atomic mass is 35.5. The number of nitrogens with zero attached hydrogens (tertiary/aromatic N) is 1. The van der Waals surface area contributed by atoms with Gasteiger partial charge in [-0.25, -0.2) is 8.42 Å². The van der Waals surface area contributed by atoms with Crippen LogP contribution in [0.2, 0.25) is 0 Å². The van der Waals surface area contributed by atoms with Gasteiger partial charge in [-0.2, -0.15) is 4.31 Å². The molecule has 0 aromatic heterocycles. The summed E-state index contributed by atoms with van der Waals surface area (Å²) in [6, 6.07) is 6.43. The minimum absolute atomic E-state index is 0.136. The Morgan fingerprint density at radius 2 is 1.89 bits per heavy atom. The van der Waals surface area contributed by atoms with E-state index in [1.165, 1.54) is 26.3 Å². The molecule has 19 heavy (non-hydrogen) atoms. The van der Waals surface area contributed by atoms with Crippen molar-refractivity contribution in [2.75, 3.05) is 26.6 Å². The van der Waals surface area contributed by atoms with Crippen LogP contribution in [0.15, 0.2) is 29.2 Å². The molecule has 0 aliphatic carbocycles. The Morgan fingerprint density at radius 3 is 2.37 bits per heavy atom. The predicted octanol–water partition coefficient (Wildman–Crippen LogP) is 1.26. The van der Waals surface area contributed by atoms with Crippen molar-refractivity contribution in [3.8, 4) is 0 Å². The Kier molecular flexibility index (Phi) is 5.78. The first kappa shape index (κ1) is 15.9. The van der Waals surface area contributed by atoms with Crippen molar-refractivity contribution in [2.45, 2.75) is 11.3 Å². The number of aryl methyl sites for hydroxylation is 1. The summed E-state index contributed by atoms with van der Waals surface area (Å²) in [6.07, 6.45) is 0.680. The molecule has 1 rings (SSSR count). The number of benzene rings is 1. The van der Waals surface area contributed by atoms with E-state index < -0.39 is 16.0 Å². The number of carbonyl (C=O) groups is 1. The van der Waals surface area contributed by atoms with Crippen LogP contribution in [0.1, 0.15) is 5.56 Å². The van der Waals surface area contributed by atoms with Crippen molar-refractivity contribution in [2.24, 2.45) is 0 Å². The van der Waals surface area contributed by atoms with E-state index in [1.54, 1.807) is 12.1 Å². The largest absolute Gasteiger partial charge is 0.468 e. The van der Waals surface area contributed by atoms with Crippen LogP contribution < -0.4 is 0 Å². The summed E-state index contributed by atoms with van der Waals surface area (Å²) in [5.74, 6) is -0.126. The summed E-state index contributed by atoms with van der Waals surface area (Å²) in [5.41, 5.74) is 0.963. The van der Waals surface area contributed by atoms with Crippen LogP contribution >= 0.6 is 11.6 Å². The summed E-state index contributed by atoms with van der Waals surface area (Å²) >= 11 is 5.61. The molecular formula is C12H16ClNO4S. The van der Waals surface area contributed by atoms with E-state index in [2.05, 4.69) is 4.74 Å². The molecule has 0 fully saturated rings. The lowest BCUT2D eigenvalue weighted by atomic mass is 10.2. The van der Waals surface area contributed by atoms with Gasteiger partial charge in [-0.15, -0.1) is 11.6 Å². The van der Waals surface area contributed by atoms with E-state index >= 15 is 0 Å². The quantitative estimate of drug-likeness (QED) is 0.586. The van der Waals surface area contributed by atoms with Gasteiger partial charge in [0.2, 0.25) is 10.0 Å². The van der Waals surface area contributed by atoms with Crippen molar-refractivity contribution in [3.05, 3.63) is 29.8 Å².